The molecular weight excluding hydrogens is 334 g/mol. The van der Waals surface area contributed by atoms with Gasteiger partial charge in [-0.15, -0.1) is 0 Å². The normalized spacial score (nSPS) is 11.0. The maximum Gasteiger partial charge on any atom is 0.167 e. The van der Waals surface area contributed by atoms with Crippen molar-refractivity contribution in [1.29, 1.82) is 0 Å². The highest BCUT2D eigenvalue weighted by Gasteiger charge is 2.12. The zero-order valence-corrected chi connectivity index (χ0v) is 14.1. The molecule has 26 heavy (non-hydrogen) atoms. The lowest BCUT2D eigenvalue weighted by atomic mass is 10.1. The summed E-state index contributed by atoms with van der Waals surface area (Å²) in [5.41, 5.74) is 2.85. The van der Waals surface area contributed by atoms with Crippen molar-refractivity contribution in [3.8, 4) is 11.4 Å². The molecule has 0 saturated heterocycles. The second kappa shape index (κ2) is 6.59. The van der Waals surface area contributed by atoms with E-state index in [-0.39, 0.29) is 18.2 Å². The van der Waals surface area contributed by atoms with Gasteiger partial charge in [-0.25, -0.2) is 13.5 Å². The summed E-state index contributed by atoms with van der Waals surface area (Å²) >= 11 is 0. The fourth-order valence-corrected chi connectivity index (χ4v) is 2.94. The van der Waals surface area contributed by atoms with Crippen LogP contribution in [0.4, 0.5) is 8.78 Å². The molecule has 0 aliphatic rings. The number of aryl methyl sites for hydroxylation is 1. The van der Waals surface area contributed by atoms with Crippen LogP contribution in [0.5, 0.6) is 5.75 Å². The molecule has 0 fully saturated rings. The molecule has 5 heteroatoms. The van der Waals surface area contributed by atoms with Gasteiger partial charge in [-0.3, -0.25) is 0 Å². The number of ether oxygens (including phenoxy) is 1. The highest BCUT2D eigenvalue weighted by atomic mass is 19.1. The van der Waals surface area contributed by atoms with Gasteiger partial charge in [-0.1, -0.05) is 30.3 Å². The van der Waals surface area contributed by atoms with Crippen molar-refractivity contribution >= 4 is 10.9 Å². The number of benzene rings is 3. The standard InChI is InChI=1S/C21H16F2N2O/c1-14-9-16(22)10-20-18(14)12-24-25(20)17-7-8-21(19(23)11-17)26-13-15-5-3-2-4-6-15/h2-12H,13H2,1H3. The first kappa shape index (κ1) is 16.3. The van der Waals surface area contributed by atoms with E-state index in [1.54, 1.807) is 18.3 Å². The maximum absolute atomic E-state index is 14.5. The third-order valence-electron chi connectivity index (χ3n) is 4.26. The number of aromatic nitrogens is 2. The van der Waals surface area contributed by atoms with E-state index in [0.717, 1.165) is 16.5 Å². The Balaban J connectivity index is 1.64. The average Bonchev–Trinajstić information content (AvgIpc) is 3.05. The SMILES string of the molecule is Cc1cc(F)cc2c1cnn2-c1ccc(OCc2ccccc2)c(F)c1. The van der Waals surface area contributed by atoms with Crippen molar-refractivity contribution in [3.05, 3.63) is 89.6 Å². The molecule has 4 rings (SSSR count). The van der Waals surface area contributed by atoms with E-state index >= 15 is 0 Å². The van der Waals surface area contributed by atoms with Crippen LogP contribution in [0.25, 0.3) is 16.6 Å². The Morgan fingerprint density at radius 1 is 1.00 bits per heavy atom. The van der Waals surface area contributed by atoms with Crippen LogP contribution in [-0.4, -0.2) is 9.78 Å². The molecule has 0 unspecified atom stereocenters. The van der Waals surface area contributed by atoms with Crippen LogP contribution in [0.2, 0.25) is 0 Å². The highest BCUT2D eigenvalue weighted by Crippen LogP contribution is 2.26. The predicted molar refractivity (Wildman–Crippen MR) is 96.5 cm³/mol. The number of fused-ring (bicyclic) bond motifs is 1. The molecule has 0 amide bonds. The first-order valence-electron chi connectivity index (χ1n) is 8.22. The molecular formula is C21H16F2N2O. The number of halogens is 2. The molecule has 0 bridgehead atoms. The minimum absolute atomic E-state index is 0.163. The summed E-state index contributed by atoms with van der Waals surface area (Å²) in [7, 11) is 0. The van der Waals surface area contributed by atoms with Gasteiger partial charge in [0.25, 0.3) is 0 Å². The minimum atomic E-state index is -0.491. The fourth-order valence-electron chi connectivity index (χ4n) is 2.94. The minimum Gasteiger partial charge on any atom is -0.486 e. The molecule has 3 aromatic carbocycles. The largest absolute Gasteiger partial charge is 0.486 e. The summed E-state index contributed by atoms with van der Waals surface area (Å²) in [6, 6.07) is 17.0. The average molecular weight is 350 g/mol. The van der Waals surface area contributed by atoms with Crippen LogP contribution in [0.3, 0.4) is 0 Å². The third kappa shape index (κ3) is 3.04. The van der Waals surface area contributed by atoms with Gasteiger partial charge in [-0.2, -0.15) is 5.10 Å². The van der Waals surface area contributed by atoms with Gasteiger partial charge in [0.2, 0.25) is 0 Å². The van der Waals surface area contributed by atoms with Gasteiger partial charge < -0.3 is 4.74 Å². The van der Waals surface area contributed by atoms with Crippen LogP contribution in [-0.2, 0) is 6.61 Å². The summed E-state index contributed by atoms with van der Waals surface area (Å²) in [5, 5.41) is 5.10. The molecule has 3 nitrogen and oxygen atoms in total. The summed E-state index contributed by atoms with van der Waals surface area (Å²) < 4.78 is 35.3. The number of hydrogen-bond donors (Lipinski definition) is 0. The molecule has 0 spiro atoms. The van der Waals surface area contributed by atoms with Crippen molar-refractivity contribution in [2.45, 2.75) is 13.5 Å². The van der Waals surface area contributed by atoms with Crippen molar-refractivity contribution in [2.75, 3.05) is 0 Å². The van der Waals surface area contributed by atoms with E-state index < -0.39 is 5.82 Å². The second-order valence-electron chi connectivity index (χ2n) is 6.10. The predicted octanol–water partition coefficient (Wildman–Crippen LogP) is 5.19. The molecule has 1 aromatic heterocycles. The Morgan fingerprint density at radius 3 is 2.58 bits per heavy atom. The van der Waals surface area contributed by atoms with E-state index in [1.165, 1.54) is 22.9 Å². The molecule has 1 heterocycles. The molecule has 4 aromatic rings. The van der Waals surface area contributed by atoms with E-state index in [9.17, 15) is 8.78 Å². The Kier molecular flexibility index (Phi) is 4.13. The van der Waals surface area contributed by atoms with Crippen LogP contribution >= 0.6 is 0 Å². The topological polar surface area (TPSA) is 27.1 Å². The van der Waals surface area contributed by atoms with Crippen molar-refractivity contribution in [3.63, 3.8) is 0 Å². The van der Waals surface area contributed by atoms with Crippen LogP contribution in [0.1, 0.15) is 11.1 Å². The van der Waals surface area contributed by atoms with E-state index in [2.05, 4.69) is 5.10 Å². The van der Waals surface area contributed by atoms with Crippen LogP contribution < -0.4 is 4.74 Å². The van der Waals surface area contributed by atoms with Gasteiger partial charge in [-0.05, 0) is 36.2 Å². The summed E-state index contributed by atoms with van der Waals surface area (Å²) in [5.74, 6) is -0.674. The Morgan fingerprint density at radius 2 is 1.81 bits per heavy atom. The summed E-state index contributed by atoms with van der Waals surface area (Å²) in [6.07, 6.45) is 1.65. The molecule has 0 saturated carbocycles. The zero-order chi connectivity index (χ0) is 18.1. The molecule has 130 valence electrons. The van der Waals surface area contributed by atoms with Crippen molar-refractivity contribution in [1.82, 2.24) is 9.78 Å². The van der Waals surface area contributed by atoms with Gasteiger partial charge >= 0.3 is 0 Å². The van der Waals surface area contributed by atoms with Gasteiger partial charge in [0.05, 0.1) is 17.4 Å². The highest BCUT2D eigenvalue weighted by molar-refractivity contribution is 5.83. The van der Waals surface area contributed by atoms with Gasteiger partial charge in [0, 0.05) is 17.5 Å². The lowest BCUT2D eigenvalue weighted by molar-refractivity contribution is 0.290. The van der Waals surface area contributed by atoms with Gasteiger partial charge in [0.1, 0.15) is 12.4 Å². The Bertz CT molecular complexity index is 1070. The first-order valence-corrected chi connectivity index (χ1v) is 8.22. The van der Waals surface area contributed by atoms with E-state index in [1.807, 2.05) is 37.3 Å². The number of nitrogens with zero attached hydrogens (tertiary/aromatic N) is 2. The Labute approximate surface area is 149 Å². The van der Waals surface area contributed by atoms with Crippen LogP contribution in [0, 0.1) is 18.6 Å². The Hall–Kier alpha value is -3.21. The summed E-state index contributed by atoms with van der Waals surface area (Å²) in [6.45, 7) is 2.10. The number of hydrogen-bond acceptors (Lipinski definition) is 2. The summed E-state index contributed by atoms with van der Waals surface area (Å²) in [4.78, 5) is 0. The monoisotopic (exact) mass is 350 g/mol. The van der Waals surface area contributed by atoms with E-state index in [0.29, 0.717) is 11.2 Å². The maximum atomic E-state index is 14.5. The quantitative estimate of drug-likeness (QED) is 0.506. The van der Waals surface area contributed by atoms with Crippen LogP contribution in [0.15, 0.2) is 66.9 Å². The third-order valence-corrected chi connectivity index (χ3v) is 4.26. The zero-order valence-electron chi connectivity index (χ0n) is 14.1. The smallest absolute Gasteiger partial charge is 0.167 e. The van der Waals surface area contributed by atoms with Gasteiger partial charge in [0.15, 0.2) is 11.6 Å². The number of rotatable bonds is 4. The van der Waals surface area contributed by atoms with Crippen molar-refractivity contribution < 1.29 is 13.5 Å². The van der Waals surface area contributed by atoms with E-state index in [4.69, 9.17) is 4.74 Å². The fraction of sp³-hybridized carbons (Fsp3) is 0.0952. The molecule has 0 atom stereocenters. The second-order valence-corrected chi connectivity index (χ2v) is 6.10. The first-order chi connectivity index (χ1) is 12.6. The van der Waals surface area contributed by atoms with Crippen molar-refractivity contribution in [2.24, 2.45) is 0 Å². The molecule has 0 aliphatic heterocycles. The molecule has 0 radical (unpaired) electrons. The lowest BCUT2D eigenvalue weighted by Gasteiger charge is -2.10. The molecule has 0 aliphatic carbocycles. The lowest BCUT2D eigenvalue weighted by Crippen LogP contribution is -2.00. The molecule has 0 N–H and O–H groups in total.